The summed E-state index contributed by atoms with van der Waals surface area (Å²) in [7, 11) is 0. The lowest BCUT2D eigenvalue weighted by atomic mass is 10.4. The van der Waals surface area contributed by atoms with Crippen LogP contribution in [0.4, 0.5) is 0 Å². The topological polar surface area (TPSA) is 28.7 Å². The predicted molar refractivity (Wildman–Crippen MR) is 78.1 cm³/mol. The predicted octanol–water partition coefficient (Wildman–Crippen LogP) is 4.85. The zero-order chi connectivity index (χ0) is 12.3. The van der Waals surface area contributed by atoms with Crippen molar-refractivity contribution >= 4 is 51.5 Å². The summed E-state index contributed by atoms with van der Waals surface area (Å²) in [4.78, 5) is 8.43. The summed E-state index contributed by atoms with van der Waals surface area (Å²) in [5.41, 5.74) is 0. The van der Waals surface area contributed by atoms with Crippen molar-refractivity contribution in [3.05, 3.63) is 50.4 Å². The molecule has 0 fully saturated rings. The molecular weight excluding hydrogens is 340 g/mol. The average Bonchev–Trinajstić information content (AvgIpc) is 2.31. The van der Waals surface area contributed by atoms with Gasteiger partial charge in [-0.1, -0.05) is 29.9 Å². The number of aromatic amines is 1. The van der Waals surface area contributed by atoms with Gasteiger partial charge in [0.05, 0.1) is 10.2 Å². The Morgan fingerprint density at radius 1 is 1.47 bits per heavy atom. The number of hydrogen-bond acceptors (Lipinski definition) is 3. The van der Waals surface area contributed by atoms with Crippen LogP contribution < -0.4 is 0 Å². The molecule has 0 aliphatic carbocycles. The number of rotatable bonds is 3. The third-order valence-corrected chi connectivity index (χ3v) is 4.41. The minimum Gasteiger partial charge on any atom is -0.333 e. The second-order valence-electron chi connectivity index (χ2n) is 3.25. The van der Waals surface area contributed by atoms with E-state index in [9.17, 15) is 0 Å². The number of thioether (sulfide) groups is 1. The SMILES string of the molecule is S=c1[nH]c(CSc2cccc(Cl)c2)ncc1Br. The van der Waals surface area contributed by atoms with Crippen molar-refractivity contribution in [1.29, 1.82) is 0 Å². The van der Waals surface area contributed by atoms with Gasteiger partial charge >= 0.3 is 0 Å². The Hall–Kier alpha value is -0.360. The first-order chi connectivity index (χ1) is 8.15. The Morgan fingerprint density at radius 2 is 2.29 bits per heavy atom. The minimum atomic E-state index is 0.668. The molecule has 88 valence electrons. The van der Waals surface area contributed by atoms with Crippen molar-refractivity contribution in [3.8, 4) is 0 Å². The first kappa shape index (κ1) is 13.1. The fourth-order valence-corrected chi connectivity index (χ4v) is 2.66. The lowest BCUT2D eigenvalue weighted by Gasteiger charge is -2.02. The monoisotopic (exact) mass is 346 g/mol. The molecule has 0 spiro atoms. The summed E-state index contributed by atoms with van der Waals surface area (Å²) in [6.45, 7) is 0. The van der Waals surface area contributed by atoms with Gasteiger partial charge in [-0.15, -0.1) is 11.8 Å². The van der Waals surface area contributed by atoms with Crippen LogP contribution in [0, 0.1) is 4.64 Å². The highest BCUT2D eigenvalue weighted by Crippen LogP contribution is 2.24. The molecular formula is C11H8BrClN2S2. The van der Waals surface area contributed by atoms with Crippen LogP contribution in [-0.2, 0) is 5.75 Å². The second-order valence-corrected chi connectivity index (χ2v) is 6.00. The normalized spacial score (nSPS) is 10.5. The highest BCUT2D eigenvalue weighted by molar-refractivity contribution is 9.10. The molecule has 1 aromatic carbocycles. The van der Waals surface area contributed by atoms with Crippen LogP contribution >= 0.6 is 51.5 Å². The molecule has 0 amide bonds. The average molecular weight is 348 g/mol. The molecule has 0 aliphatic rings. The van der Waals surface area contributed by atoms with E-state index in [0.29, 0.717) is 4.64 Å². The van der Waals surface area contributed by atoms with Gasteiger partial charge in [0.15, 0.2) is 0 Å². The highest BCUT2D eigenvalue weighted by Gasteiger charge is 2.00. The van der Waals surface area contributed by atoms with Crippen molar-refractivity contribution in [1.82, 2.24) is 9.97 Å². The fourth-order valence-electron chi connectivity index (χ4n) is 1.20. The van der Waals surface area contributed by atoms with E-state index in [4.69, 9.17) is 23.8 Å². The van der Waals surface area contributed by atoms with Crippen molar-refractivity contribution in [3.63, 3.8) is 0 Å². The van der Waals surface area contributed by atoms with Crippen LogP contribution in [0.25, 0.3) is 0 Å². The molecule has 0 aliphatic heterocycles. The number of aromatic nitrogens is 2. The lowest BCUT2D eigenvalue weighted by molar-refractivity contribution is 1.01. The van der Waals surface area contributed by atoms with Crippen LogP contribution in [0.5, 0.6) is 0 Å². The molecule has 6 heteroatoms. The van der Waals surface area contributed by atoms with Gasteiger partial charge < -0.3 is 4.98 Å². The fraction of sp³-hybridized carbons (Fsp3) is 0.0909. The van der Waals surface area contributed by atoms with Gasteiger partial charge in [-0.3, -0.25) is 0 Å². The maximum atomic E-state index is 5.91. The molecule has 0 bridgehead atoms. The molecule has 0 saturated carbocycles. The van der Waals surface area contributed by atoms with E-state index in [0.717, 1.165) is 26.0 Å². The van der Waals surface area contributed by atoms with Gasteiger partial charge in [0.25, 0.3) is 0 Å². The standard InChI is InChI=1S/C11H8BrClN2S2/c12-9-5-14-10(15-11(9)16)6-17-8-3-1-2-7(13)4-8/h1-5H,6H2,(H,14,15,16). The summed E-state index contributed by atoms with van der Waals surface area (Å²) in [6, 6.07) is 7.74. The number of halogens is 2. The van der Waals surface area contributed by atoms with E-state index in [2.05, 4.69) is 25.9 Å². The van der Waals surface area contributed by atoms with Gasteiger partial charge in [-0.05, 0) is 34.1 Å². The molecule has 0 radical (unpaired) electrons. The Morgan fingerprint density at radius 3 is 3.00 bits per heavy atom. The number of H-pyrrole nitrogens is 1. The Labute approximate surface area is 122 Å². The molecule has 1 aromatic heterocycles. The van der Waals surface area contributed by atoms with Gasteiger partial charge in [0, 0.05) is 16.1 Å². The summed E-state index contributed by atoms with van der Waals surface area (Å²) in [5, 5.41) is 0.742. The first-order valence-electron chi connectivity index (χ1n) is 4.77. The van der Waals surface area contributed by atoms with Gasteiger partial charge in [0.2, 0.25) is 0 Å². The summed E-state index contributed by atoms with van der Waals surface area (Å²) < 4.78 is 1.48. The van der Waals surface area contributed by atoms with Crippen molar-refractivity contribution < 1.29 is 0 Å². The van der Waals surface area contributed by atoms with E-state index in [1.54, 1.807) is 18.0 Å². The third-order valence-electron chi connectivity index (χ3n) is 1.98. The summed E-state index contributed by atoms with van der Waals surface area (Å²) in [5.74, 6) is 1.58. The Bertz CT molecular complexity index is 586. The minimum absolute atomic E-state index is 0.668. The van der Waals surface area contributed by atoms with Gasteiger partial charge in [-0.2, -0.15) is 0 Å². The van der Waals surface area contributed by atoms with Crippen LogP contribution in [0.3, 0.4) is 0 Å². The second kappa shape index (κ2) is 6.00. The molecule has 0 atom stereocenters. The first-order valence-corrected chi connectivity index (χ1v) is 7.34. The van der Waals surface area contributed by atoms with Gasteiger partial charge in [0.1, 0.15) is 10.5 Å². The smallest absolute Gasteiger partial charge is 0.120 e. The van der Waals surface area contributed by atoms with Crippen molar-refractivity contribution in [2.24, 2.45) is 0 Å². The van der Waals surface area contributed by atoms with E-state index < -0.39 is 0 Å². The molecule has 1 heterocycles. The summed E-state index contributed by atoms with van der Waals surface area (Å²) >= 11 is 16.0. The van der Waals surface area contributed by atoms with E-state index >= 15 is 0 Å². The Kier molecular flexibility index (Phi) is 4.62. The number of hydrogen-bond donors (Lipinski definition) is 1. The maximum Gasteiger partial charge on any atom is 0.120 e. The quantitative estimate of drug-likeness (QED) is 0.635. The summed E-state index contributed by atoms with van der Waals surface area (Å²) in [6.07, 6.45) is 1.71. The van der Waals surface area contributed by atoms with Crippen LogP contribution in [0.1, 0.15) is 5.82 Å². The van der Waals surface area contributed by atoms with E-state index in [-0.39, 0.29) is 0 Å². The molecule has 0 unspecified atom stereocenters. The molecule has 1 N–H and O–H groups in total. The van der Waals surface area contributed by atoms with E-state index in [1.165, 1.54) is 0 Å². The van der Waals surface area contributed by atoms with Crippen LogP contribution in [0.2, 0.25) is 5.02 Å². The van der Waals surface area contributed by atoms with Crippen LogP contribution in [0.15, 0.2) is 39.8 Å². The molecule has 0 saturated heterocycles. The molecule has 2 aromatic rings. The van der Waals surface area contributed by atoms with Crippen molar-refractivity contribution in [2.75, 3.05) is 0 Å². The lowest BCUT2D eigenvalue weighted by Crippen LogP contribution is -1.92. The van der Waals surface area contributed by atoms with Crippen molar-refractivity contribution in [2.45, 2.75) is 10.6 Å². The highest BCUT2D eigenvalue weighted by atomic mass is 79.9. The molecule has 2 rings (SSSR count). The Balaban J connectivity index is 2.07. The number of nitrogens with zero attached hydrogens (tertiary/aromatic N) is 1. The van der Waals surface area contributed by atoms with Crippen LogP contribution in [-0.4, -0.2) is 9.97 Å². The van der Waals surface area contributed by atoms with E-state index in [1.807, 2.05) is 24.3 Å². The zero-order valence-corrected chi connectivity index (χ0v) is 12.6. The third kappa shape index (κ3) is 3.81. The van der Waals surface area contributed by atoms with Gasteiger partial charge in [-0.25, -0.2) is 4.98 Å². The zero-order valence-electron chi connectivity index (χ0n) is 8.61. The molecule has 17 heavy (non-hydrogen) atoms. The number of benzene rings is 1. The maximum absolute atomic E-state index is 5.91. The number of nitrogens with one attached hydrogen (secondary N) is 1. The molecule has 2 nitrogen and oxygen atoms in total. The largest absolute Gasteiger partial charge is 0.333 e.